The minimum atomic E-state index is -0.686. The zero-order valence-corrected chi connectivity index (χ0v) is 18.5. The number of esters is 1. The molecule has 4 aromatic rings. The topological polar surface area (TPSA) is 136 Å². The first-order valence-electron chi connectivity index (χ1n) is 10.1. The van der Waals surface area contributed by atoms with Gasteiger partial charge in [0.25, 0.3) is 0 Å². The number of Topliss-reactive ketones (excluding diaryl/α,β-unsaturated/α-hetero) is 2. The van der Waals surface area contributed by atoms with Crippen molar-refractivity contribution in [3.63, 3.8) is 0 Å². The van der Waals surface area contributed by atoms with E-state index in [1.807, 2.05) is 0 Å². The second-order valence-corrected chi connectivity index (χ2v) is 7.34. The molecule has 0 spiro atoms. The minimum absolute atomic E-state index is 0.00221. The van der Waals surface area contributed by atoms with Crippen LogP contribution < -0.4 is 0 Å². The molecule has 1 N–H and O–H groups in total. The summed E-state index contributed by atoms with van der Waals surface area (Å²) in [6, 6.07) is 11.4. The van der Waals surface area contributed by atoms with Crippen LogP contribution in [0.1, 0.15) is 44.9 Å². The van der Waals surface area contributed by atoms with E-state index in [0.29, 0.717) is 22.2 Å². The molecule has 2 heterocycles. The Hall–Kier alpha value is -4.73. The maximum atomic E-state index is 12.3. The monoisotopic (exact) mass is 457 g/mol. The predicted molar refractivity (Wildman–Crippen MR) is 122 cm³/mol. The maximum absolute atomic E-state index is 12.3. The lowest BCUT2D eigenvalue weighted by Crippen LogP contribution is -2.02. The molecular weight excluding hydrogens is 438 g/mol. The van der Waals surface area contributed by atoms with Crippen molar-refractivity contribution in [3.05, 3.63) is 71.5 Å². The highest BCUT2D eigenvalue weighted by Crippen LogP contribution is 2.40. The van der Waals surface area contributed by atoms with Crippen LogP contribution in [0.15, 0.2) is 65.1 Å². The number of azo groups is 1. The van der Waals surface area contributed by atoms with Crippen LogP contribution in [0.25, 0.3) is 16.6 Å². The van der Waals surface area contributed by atoms with Crippen molar-refractivity contribution in [1.29, 1.82) is 0 Å². The van der Waals surface area contributed by atoms with Crippen LogP contribution in [-0.4, -0.2) is 44.5 Å². The fourth-order valence-corrected chi connectivity index (χ4v) is 3.40. The molecule has 0 unspecified atom stereocenters. The molecule has 2 aromatic heterocycles. The lowest BCUT2D eigenvalue weighted by Gasteiger charge is -2.10. The molecule has 2 aromatic carbocycles. The molecule has 10 nitrogen and oxygen atoms in total. The molecule has 170 valence electrons. The molecule has 0 aliphatic carbocycles. The van der Waals surface area contributed by atoms with Crippen LogP contribution in [0.2, 0.25) is 0 Å². The van der Waals surface area contributed by atoms with E-state index in [2.05, 4.69) is 20.3 Å². The Labute approximate surface area is 193 Å². The summed E-state index contributed by atoms with van der Waals surface area (Å²) in [7, 11) is 1.23. The molecule has 4 rings (SSSR count). The predicted octanol–water partition coefficient (Wildman–Crippen LogP) is 4.73. The number of methoxy groups -OCH3 is 1. The quantitative estimate of drug-likeness (QED) is 0.251. The lowest BCUT2D eigenvalue weighted by molar-refractivity contribution is 0.0601. The molecule has 0 aliphatic heterocycles. The molecule has 0 bridgehead atoms. The Balaban J connectivity index is 1.94. The number of benzene rings is 2. The van der Waals surface area contributed by atoms with Gasteiger partial charge in [0.05, 0.1) is 18.9 Å². The average molecular weight is 457 g/mol. The number of carbonyl (C=O) groups is 3. The summed E-state index contributed by atoms with van der Waals surface area (Å²) in [5.41, 5.74) is 0.495. The third-order valence-electron chi connectivity index (χ3n) is 5.13. The molecule has 0 saturated heterocycles. The minimum Gasteiger partial charge on any atom is -0.505 e. The van der Waals surface area contributed by atoms with Gasteiger partial charge >= 0.3 is 5.97 Å². The number of hydrogen-bond acceptors (Lipinski definition) is 9. The third-order valence-corrected chi connectivity index (χ3v) is 5.13. The molecule has 0 aliphatic rings. The van der Waals surface area contributed by atoms with Gasteiger partial charge in [-0.3, -0.25) is 9.59 Å². The van der Waals surface area contributed by atoms with Crippen molar-refractivity contribution in [1.82, 2.24) is 14.8 Å². The number of carbonyl (C=O) groups excluding carboxylic acids is 3. The molecule has 34 heavy (non-hydrogen) atoms. The normalized spacial score (nSPS) is 11.1. The van der Waals surface area contributed by atoms with E-state index in [-0.39, 0.29) is 34.2 Å². The van der Waals surface area contributed by atoms with Gasteiger partial charge in [-0.05, 0) is 43.5 Å². The highest BCUT2D eigenvalue weighted by Gasteiger charge is 2.21. The standard InChI is InChI=1S/C24H19N5O5/c1-13(30)15-7-8-17-16(10-15)11-18(14(2)31)22(32)21(17)27-28-23-19(24(33)34-3)12-26-29(23)20-6-4-5-9-25-20/h4-12,32H,1-3H3/b28-27+. The second kappa shape index (κ2) is 9.02. The van der Waals surface area contributed by atoms with E-state index in [4.69, 9.17) is 4.74 Å². The Morgan fingerprint density at radius 1 is 1.00 bits per heavy atom. The molecule has 0 atom stereocenters. The Bertz CT molecular complexity index is 1470. The second-order valence-electron chi connectivity index (χ2n) is 7.34. The van der Waals surface area contributed by atoms with Gasteiger partial charge in [-0.1, -0.05) is 18.2 Å². The molecule has 0 saturated carbocycles. The zero-order valence-electron chi connectivity index (χ0n) is 18.5. The number of rotatable bonds is 6. The highest BCUT2D eigenvalue weighted by molar-refractivity contribution is 6.08. The molecular formula is C24H19N5O5. The van der Waals surface area contributed by atoms with Gasteiger partial charge in [-0.2, -0.15) is 9.78 Å². The fourth-order valence-electron chi connectivity index (χ4n) is 3.40. The molecule has 0 radical (unpaired) electrons. The molecule has 0 amide bonds. The van der Waals surface area contributed by atoms with Crippen LogP contribution >= 0.6 is 0 Å². The van der Waals surface area contributed by atoms with Crippen LogP contribution in [0, 0.1) is 0 Å². The zero-order chi connectivity index (χ0) is 24.4. The first-order chi connectivity index (χ1) is 16.3. The van der Waals surface area contributed by atoms with E-state index < -0.39 is 11.8 Å². The number of aromatic nitrogens is 3. The highest BCUT2D eigenvalue weighted by atomic mass is 16.5. The van der Waals surface area contributed by atoms with Crippen molar-refractivity contribution in [2.24, 2.45) is 10.2 Å². The van der Waals surface area contributed by atoms with E-state index in [9.17, 15) is 19.5 Å². The Kier molecular flexibility index (Phi) is 5.96. The Morgan fingerprint density at radius 3 is 2.44 bits per heavy atom. The van der Waals surface area contributed by atoms with Crippen molar-refractivity contribution in [2.75, 3.05) is 7.11 Å². The SMILES string of the molecule is COC(=O)c1cnn(-c2ccccn2)c1/N=N/c1c(O)c(C(C)=O)cc2cc(C(C)=O)ccc12. The van der Waals surface area contributed by atoms with Crippen LogP contribution in [0.5, 0.6) is 5.75 Å². The first kappa shape index (κ1) is 22.5. The van der Waals surface area contributed by atoms with E-state index in [1.165, 1.54) is 37.9 Å². The smallest absolute Gasteiger partial charge is 0.343 e. The molecule has 10 heteroatoms. The van der Waals surface area contributed by atoms with Crippen LogP contribution in [0.4, 0.5) is 11.5 Å². The number of phenols is 1. The number of aromatic hydroxyl groups is 1. The summed E-state index contributed by atoms with van der Waals surface area (Å²) < 4.78 is 6.12. The number of pyridine rings is 1. The van der Waals surface area contributed by atoms with Gasteiger partial charge < -0.3 is 9.84 Å². The van der Waals surface area contributed by atoms with Crippen molar-refractivity contribution < 1.29 is 24.2 Å². The summed E-state index contributed by atoms with van der Waals surface area (Å²) in [6.45, 7) is 2.74. The summed E-state index contributed by atoms with van der Waals surface area (Å²) in [4.78, 5) is 40.5. The van der Waals surface area contributed by atoms with E-state index >= 15 is 0 Å². The summed E-state index contributed by atoms with van der Waals surface area (Å²) >= 11 is 0. The van der Waals surface area contributed by atoms with Crippen molar-refractivity contribution >= 4 is 39.8 Å². The van der Waals surface area contributed by atoms with Gasteiger partial charge in [0.2, 0.25) is 0 Å². The number of phenolic OH excluding ortho intramolecular Hbond substituents is 1. The van der Waals surface area contributed by atoms with Crippen LogP contribution in [-0.2, 0) is 4.74 Å². The lowest BCUT2D eigenvalue weighted by atomic mass is 9.99. The van der Waals surface area contributed by atoms with E-state index in [0.717, 1.165) is 0 Å². The van der Waals surface area contributed by atoms with Crippen LogP contribution in [0.3, 0.4) is 0 Å². The first-order valence-corrected chi connectivity index (χ1v) is 10.1. The van der Waals surface area contributed by atoms with Gasteiger partial charge in [0, 0.05) is 17.1 Å². The summed E-state index contributed by atoms with van der Waals surface area (Å²) in [5.74, 6) is -1.20. The molecule has 0 fully saturated rings. The van der Waals surface area contributed by atoms with Crippen molar-refractivity contribution in [2.45, 2.75) is 13.8 Å². The van der Waals surface area contributed by atoms with Gasteiger partial charge in [-0.15, -0.1) is 10.2 Å². The third kappa shape index (κ3) is 4.04. The number of ether oxygens (including phenoxy) is 1. The number of nitrogens with zero attached hydrogens (tertiary/aromatic N) is 5. The average Bonchev–Trinajstić information content (AvgIpc) is 3.26. The van der Waals surface area contributed by atoms with Gasteiger partial charge in [0.15, 0.2) is 29.0 Å². The maximum Gasteiger partial charge on any atom is 0.343 e. The Morgan fingerprint density at radius 2 is 1.79 bits per heavy atom. The fraction of sp³-hybridized carbons (Fsp3) is 0.125. The number of hydrogen-bond donors (Lipinski definition) is 1. The summed E-state index contributed by atoms with van der Waals surface area (Å²) in [5, 5.41) is 24.4. The number of ketones is 2. The largest absolute Gasteiger partial charge is 0.505 e. The van der Waals surface area contributed by atoms with Gasteiger partial charge in [0.1, 0.15) is 11.3 Å². The summed E-state index contributed by atoms with van der Waals surface area (Å²) in [6.07, 6.45) is 2.83. The van der Waals surface area contributed by atoms with Gasteiger partial charge in [-0.25, -0.2) is 9.78 Å². The van der Waals surface area contributed by atoms with E-state index in [1.54, 1.807) is 42.6 Å². The van der Waals surface area contributed by atoms with Crippen molar-refractivity contribution in [3.8, 4) is 11.6 Å². The number of fused-ring (bicyclic) bond motifs is 1.